The lowest BCUT2D eigenvalue weighted by atomic mass is 9.87. The van der Waals surface area contributed by atoms with Gasteiger partial charge in [-0.1, -0.05) is 0 Å². The lowest BCUT2D eigenvalue weighted by molar-refractivity contribution is -0.135. The van der Waals surface area contributed by atoms with Gasteiger partial charge < -0.3 is 4.74 Å². The predicted octanol–water partition coefficient (Wildman–Crippen LogP) is 3.11. The third-order valence-corrected chi connectivity index (χ3v) is 3.05. The second-order valence-corrected chi connectivity index (χ2v) is 4.39. The SMILES string of the molecule is COC1=C(C)C(=O)C(C)=C(CCCC(F)(F)F)C1=O. The third-order valence-electron chi connectivity index (χ3n) is 3.05. The summed E-state index contributed by atoms with van der Waals surface area (Å²) in [6.45, 7) is 2.92. The first-order valence-electron chi connectivity index (χ1n) is 5.79. The lowest BCUT2D eigenvalue weighted by Crippen LogP contribution is -2.23. The number of hydrogen-bond acceptors (Lipinski definition) is 3. The third kappa shape index (κ3) is 3.45. The molecule has 1 rings (SSSR count). The highest BCUT2D eigenvalue weighted by molar-refractivity contribution is 6.23. The molecule has 106 valence electrons. The highest BCUT2D eigenvalue weighted by Crippen LogP contribution is 2.30. The van der Waals surface area contributed by atoms with E-state index in [1.165, 1.54) is 21.0 Å². The maximum Gasteiger partial charge on any atom is 0.389 e. The highest BCUT2D eigenvalue weighted by Gasteiger charge is 2.32. The van der Waals surface area contributed by atoms with Crippen molar-refractivity contribution in [1.82, 2.24) is 0 Å². The summed E-state index contributed by atoms with van der Waals surface area (Å²) < 4.78 is 41.1. The van der Waals surface area contributed by atoms with E-state index in [1.54, 1.807) is 0 Å². The Morgan fingerprint density at radius 1 is 1.05 bits per heavy atom. The fraction of sp³-hybridized carbons (Fsp3) is 0.538. The predicted molar refractivity (Wildman–Crippen MR) is 62.3 cm³/mol. The molecule has 0 radical (unpaired) electrons. The molecular weight excluding hydrogens is 261 g/mol. The number of alkyl halides is 3. The van der Waals surface area contributed by atoms with Gasteiger partial charge in [-0.3, -0.25) is 9.59 Å². The standard InChI is InChI=1S/C13H15F3O3/c1-7-9(5-4-6-13(14,15)16)11(18)12(19-3)8(2)10(7)17/h4-6H2,1-3H3. The lowest BCUT2D eigenvalue weighted by Gasteiger charge is -2.19. The summed E-state index contributed by atoms with van der Waals surface area (Å²) in [4.78, 5) is 23.8. The van der Waals surface area contributed by atoms with E-state index in [-0.39, 0.29) is 41.1 Å². The summed E-state index contributed by atoms with van der Waals surface area (Å²) in [6.07, 6.45) is -5.52. The molecule has 1 aliphatic carbocycles. The van der Waals surface area contributed by atoms with Crippen LogP contribution in [-0.2, 0) is 14.3 Å². The van der Waals surface area contributed by atoms with E-state index in [1.807, 2.05) is 0 Å². The maximum absolute atomic E-state index is 12.1. The van der Waals surface area contributed by atoms with Crippen LogP contribution in [0.4, 0.5) is 13.2 Å². The number of rotatable bonds is 4. The van der Waals surface area contributed by atoms with Gasteiger partial charge in [-0.05, 0) is 26.7 Å². The number of methoxy groups -OCH3 is 1. The van der Waals surface area contributed by atoms with Crippen LogP contribution in [0.3, 0.4) is 0 Å². The van der Waals surface area contributed by atoms with Crippen LogP contribution in [0.5, 0.6) is 0 Å². The van der Waals surface area contributed by atoms with Crippen molar-refractivity contribution in [3.63, 3.8) is 0 Å². The fourth-order valence-electron chi connectivity index (χ4n) is 2.01. The molecule has 0 atom stereocenters. The van der Waals surface area contributed by atoms with Crippen molar-refractivity contribution in [1.29, 1.82) is 0 Å². The van der Waals surface area contributed by atoms with Crippen LogP contribution in [-0.4, -0.2) is 24.9 Å². The van der Waals surface area contributed by atoms with Crippen molar-refractivity contribution >= 4 is 11.6 Å². The minimum Gasteiger partial charge on any atom is -0.492 e. The number of Topliss-reactive ketones (excluding diaryl/α,β-unsaturated/α-hetero) is 2. The van der Waals surface area contributed by atoms with Crippen LogP contribution in [0, 0.1) is 0 Å². The van der Waals surface area contributed by atoms with Gasteiger partial charge in [0.2, 0.25) is 5.78 Å². The van der Waals surface area contributed by atoms with E-state index in [9.17, 15) is 22.8 Å². The molecule has 0 heterocycles. The average molecular weight is 276 g/mol. The maximum atomic E-state index is 12.1. The van der Waals surface area contributed by atoms with Crippen molar-refractivity contribution in [3.8, 4) is 0 Å². The zero-order valence-electron chi connectivity index (χ0n) is 11.0. The van der Waals surface area contributed by atoms with E-state index >= 15 is 0 Å². The van der Waals surface area contributed by atoms with Crippen molar-refractivity contribution < 1.29 is 27.5 Å². The van der Waals surface area contributed by atoms with Gasteiger partial charge in [0.25, 0.3) is 0 Å². The molecule has 0 saturated heterocycles. The summed E-state index contributed by atoms with van der Waals surface area (Å²) in [5.74, 6) is -0.907. The molecule has 0 spiro atoms. The van der Waals surface area contributed by atoms with E-state index < -0.39 is 18.4 Å². The summed E-state index contributed by atoms with van der Waals surface area (Å²) >= 11 is 0. The monoisotopic (exact) mass is 276 g/mol. The number of carbonyl (C=O) groups excluding carboxylic acids is 2. The molecule has 0 amide bonds. The van der Waals surface area contributed by atoms with Crippen molar-refractivity contribution in [2.75, 3.05) is 7.11 Å². The molecule has 3 nitrogen and oxygen atoms in total. The summed E-state index contributed by atoms with van der Waals surface area (Å²) in [5.41, 5.74) is 0.534. The first-order chi connectivity index (χ1) is 8.69. The molecule has 0 aliphatic heterocycles. The minimum atomic E-state index is -4.26. The number of ketones is 2. The Balaban J connectivity index is 2.89. The van der Waals surface area contributed by atoms with Crippen LogP contribution in [0.15, 0.2) is 22.5 Å². The normalized spacial score (nSPS) is 17.4. The zero-order chi connectivity index (χ0) is 14.8. The molecule has 0 fully saturated rings. The number of allylic oxidation sites excluding steroid dienone is 3. The van der Waals surface area contributed by atoms with Crippen molar-refractivity contribution in [3.05, 3.63) is 22.5 Å². The molecule has 0 aromatic carbocycles. The van der Waals surface area contributed by atoms with Gasteiger partial charge in [0.05, 0.1) is 7.11 Å². The van der Waals surface area contributed by atoms with Gasteiger partial charge in [-0.2, -0.15) is 13.2 Å². The Labute approximate surface area is 109 Å². The average Bonchev–Trinajstić information content (AvgIpc) is 2.30. The van der Waals surface area contributed by atoms with Crippen molar-refractivity contribution in [2.45, 2.75) is 39.3 Å². The van der Waals surface area contributed by atoms with Gasteiger partial charge in [0.15, 0.2) is 11.5 Å². The van der Waals surface area contributed by atoms with Crippen LogP contribution in [0.2, 0.25) is 0 Å². The van der Waals surface area contributed by atoms with Gasteiger partial charge in [0, 0.05) is 23.1 Å². The first-order valence-corrected chi connectivity index (χ1v) is 5.79. The molecule has 0 unspecified atom stereocenters. The van der Waals surface area contributed by atoms with Gasteiger partial charge in [0.1, 0.15) is 0 Å². The van der Waals surface area contributed by atoms with Crippen molar-refractivity contribution in [2.24, 2.45) is 0 Å². The number of halogens is 3. The van der Waals surface area contributed by atoms with Crippen LogP contribution in [0.25, 0.3) is 0 Å². The van der Waals surface area contributed by atoms with E-state index in [4.69, 9.17) is 4.74 Å². The second kappa shape index (κ2) is 5.59. The molecule has 0 N–H and O–H groups in total. The number of carbonyl (C=O) groups is 2. The van der Waals surface area contributed by atoms with Crippen LogP contribution >= 0.6 is 0 Å². The quantitative estimate of drug-likeness (QED) is 0.741. The molecule has 0 aromatic rings. The Hall–Kier alpha value is -1.59. The summed E-state index contributed by atoms with van der Waals surface area (Å²) in [5, 5.41) is 0. The molecule has 19 heavy (non-hydrogen) atoms. The zero-order valence-corrected chi connectivity index (χ0v) is 11.0. The largest absolute Gasteiger partial charge is 0.492 e. The summed E-state index contributed by atoms with van der Waals surface area (Å²) in [7, 11) is 1.26. The number of ether oxygens (including phenoxy) is 1. The summed E-state index contributed by atoms with van der Waals surface area (Å²) in [6, 6.07) is 0. The Morgan fingerprint density at radius 3 is 2.11 bits per heavy atom. The molecule has 1 aliphatic rings. The molecular formula is C13H15F3O3. The number of hydrogen-bond donors (Lipinski definition) is 0. The molecule has 0 saturated carbocycles. The Bertz CT molecular complexity index is 470. The smallest absolute Gasteiger partial charge is 0.389 e. The molecule has 0 aromatic heterocycles. The Kier molecular flexibility index (Phi) is 4.55. The molecule has 0 bridgehead atoms. The van der Waals surface area contributed by atoms with Crippen LogP contribution < -0.4 is 0 Å². The van der Waals surface area contributed by atoms with Crippen LogP contribution in [0.1, 0.15) is 33.1 Å². The first kappa shape index (κ1) is 15.5. The highest BCUT2D eigenvalue weighted by atomic mass is 19.4. The van der Waals surface area contributed by atoms with Gasteiger partial charge in [-0.25, -0.2) is 0 Å². The van der Waals surface area contributed by atoms with E-state index in [2.05, 4.69) is 0 Å². The van der Waals surface area contributed by atoms with Gasteiger partial charge in [-0.15, -0.1) is 0 Å². The Morgan fingerprint density at radius 2 is 1.63 bits per heavy atom. The fourth-order valence-corrected chi connectivity index (χ4v) is 2.01. The minimum absolute atomic E-state index is 0.0717. The second-order valence-electron chi connectivity index (χ2n) is 4.39. The van der Waals surface area contributed by atoms with E-state index in [0.29, 0.717) is 0 Å². The molecule has 6 heteroatoms. The van der Waals surface area contributed by atoms with Gasteiger partial charge >= 0.3 is 6.18 Å². The van der Waals surface area contributed by atoms with E-state index in [0.717, 1.165) is 0 Å². The topological polar surface area (TPSA) is 43.4 Å².